The number of fused-ring (bicyclic) bond motifs is 1. The quantitative estimate of drug-likeness (QED) is 0.395. The van der Waals surface area contributed by atoms with Crippen LogP contribution in [0.4, 0.5) is 0 Å². The highest BCUT2D eigenvalue weighted by Gasteiger charge is 2.29. The minimum Gasteiger partial charge on any atom is -0.373 e. The summed E-state index contributed by atoms with van der Waals surface area (Å²) in [6.45, 7) is 5.41. The Balaban J connectivity index is 0.00000225. The van der Waals surface area contributed by atoms with Gasteiger partial charge >= 0.3 is 0 Å². The van der Waals surface area contributed by atoms with Gasteiger partial charge in [-0.2, -0.15) is 0 Å². The van der Waals surface area contributed by atoms with Gasteiger partial charge in [0.1, 0.15) is 0 Å². The van der Waals surface area contributed by atoms with Crippen molar-refractivity contribution in [2.75, 3.05) is 33.3 Å². The van der Waals surface area contributed by atoms with Crippen molar-refractivity contribution >= 4 is 47.2 Å². The fourth-order valence-electron chi connectivity index (χ4n) is 3.20. The molecule has 2 aliphatic heterocycles. The predicted molar refractivity (Wildman–Crippen MR) is 112 cm³/mol. The largest absolute Gasteiger partial charge is 0.373 e. The zero-order chi connectivity index (χ0) is 17.0. The van der Waals surface area contributed by atoms with E-state index in [0.717, 1.165) is 39.0 Å². The Kier molecular flexibility index (Phi) is 7.51. The first-order valence-electron chi connectivity index (χ1n) is 8.51. The van der Waals surface area contributed by atoms with Gasteiger partial charge in [0.25, 0.3) is 0 Å². The molecule has 1 atom stereocenters. The minimum absolute atomic E-state index is 0. The normalized spacial score (nSPS) is 23.0. The summed E-state index contributed by atoms with van der Waals surface area (Å²) >= 11 is 1.78. The second-order valence-electron chi connectivity index (χ2n) is 6.62. The molecule has 1 unspecified atom stereocenters. The molecule has 2 N–H and O–H groups in total. The molecule has 3 heterocycles. The van der Waals surface area contributed by atoms with Crippen molar-refractivity contribution in [2.45, 2.75) is 38.3 Å². The van der Waals surface area contributed by atoms with Crippen LogP contribution in [0.3, 0.4) is 0 Å². The molecule has 0 saturated carbocycles. The maximum Gasteiger partial charge on any atom is 0.242 e. The number of amides is 1. The van der Waals surface area contributed by atoms with Crippen LogP contribution in [0.25, 0.3) is 0 Å². The van der Waals surface area contributed by atoms with Gasteiger partial charge in [-0.25, -0.2) is 0 Å². The molecule has 25 heavy (non-hydrogen) atoms. The maximum atomic E-state index is 12.4. The van der Waals surface area contributed by atoms with Gasteiger partial charge < -0.3 is 20.3 Å². The van der Waals surface area contributed by atoms with Gasteiger partial charge in [0.2, 0.25) is 5.91 Å². The Labute approximate surface area is 170 Å². The highest BCUT2D eigenvalue weighted by atomic mass is 127. The van der Waals surface area contributed by atoms with Crippen LogP contribution in [0.1, 0.15) is 30.2 Å². The van der Waals surface area contributed by atoms with E-state index in [1.165, 1.54) is 10.4 Å². The molecule has 2 aliphatic rings. The smallest absolute Gasteiger partial charge is 0.242 e. The molecular formula is C17H27IN4O2S. The third kappa shape index (κ3) is 5.30. The number of guanidine groups is 1. The Hall–Kier alpha value is -0.870. The van der Waals surface area contributed by atoms with Crippen molar-refractivity contribution in [3.05, 3.63) is 21.9 Å². The summed E-state index contributed by atoms with van der Waals surface area (Å²) in [5, 5.41) is 8.49. The zero-order valence-corrected chi connectivity index (χ0v) is 18.0. The summed E-state index contributed by atoms with van der Waals surface area (Å²) in [6.07, 6.45) is 3.11. The first-order valence-corrected chi connectivity index (χ1v) is 9.39. The Bertz CT molecular complexity index is 614. The van der Waals surface area contributed by atoms with Gasteiger partial charge in [-0.05, 0) is 43.2 Å². The van der Waals surface area contributed by atoms with E-state index in [1.807, 2.05) is 4.90 Å². The number of nitrogens with one attached hydrogen (secondary N) is 2. The second kappa shape index (κ2) is 9.18. The van der Waals surface area contributed by atoms with E-state index in [4.69, 9.17) is 4.74 Å². The lowest BCUT2D eigenvalue weighted by Gasteiger charge is -2.28. The highest BCUT2D eigenvalue weighted by molar-refractivity contribution is 14.0. The summed E-state index contributed by atoms with van der Waals surface area (Å²) in [5.41, 5.74) is 1.15. The molecule has 8 heteroatoms. The molecule has 6 nitrogen and oxygen atoms in total. The summed E-state index contributed by atoms with van der Waals surface area (Å²) < 4.78 is 5.76. The summed E-state index contributed by atoms with van der Waals surface area (Å²) in [4.78, 5) is 20.0. The number of thiophene rings is 1. The third-order valence-electron chi connectivity index (χ3n) is 4.72. The van der Waals surface area contributed by atoms with E-state index in [1.54, 1.807) is 18.4 Å². The van der Waals surface area contributed by atoms with Crippen molar-refractivity contribution in [3.8, 4) is 0 Å². The number of ether oxygens (including phenoxy) is 1. The molecule has 0 radical (unpaired) electrons. The van der Waals surface area contributed by atoms with Crippen LogP contribution in [0, 0.1) is 0 Å². The predicted octanol–water partition coefficient (Wildman–Crippen LogP) is 1.98. The second-order valence-corrected chi connectivity index (χ2v) is 7.62. The number of nitrogens with zero attached hydrogens (tertiary/aromatic N) is 2. The first-order chi connectivity index (χ1) is 11.6. The summed E-state index contributed by atoms with van der Waals surface area (Å²) in [7, 11) is 1.72. The standard InChI is InChI=1S/C17H26N4O2S.HI/c1-17(6-3-8-23-17)12-20-16(18-2)19-10-15(22)21-7-4-14-13(11-21)5-9-24-14;/h5,9H,3-4,6-8,10-12H2,1-2H3,(H2,18,19,20);1H. The van der Waals surface area contributed by atoms with Crippen LogP contribution in [-0.4, -0.2) is 55.7 Å². The van der Waals surface area contributed by atoms with E-state index in [9.17, 15) is 4.79 Å². The van der Waals surface area contributed by atoms with Crippen LogP contribution in [0.5, 0.6) is 0 Å². The van der Waals surface area contributed by atoms with Crippen molar-refractivity contribution < 1.29 is 9.53 Å². The summed E-state index contributed by atoms with van der Waals surface area (Å²) in [5.74, 6) is 0.756. The van der Waals surface area contributed by atoms with Crippen molar-refractivity contribution in [3.63, 3.8) is 0 Å². The Morgan fingerprint density at radius 1 is 1.48 bits per heavy atom. The molecule has 0 aliphatic carbocycles. The molecule has 1 aromatic rings. The lowest BCUT2D eigenvalue weighted by molar-refractivity contribution is -0.130. The van der Waals surface area contributed by atoms with Gasteiger partial charge in [0.15, 0.2) is 5.96 Å². The minimum atomic E-state index is -0.135. The SMILES string of the molecule is CN=C(NCC(=O)N1CCc2sccc2C1)NCC1(C)CCCO1.I. The number of carbonyl (C=O) groups is 1. The van der Waals surface area contributed by atoms with Gasteiger partial charge in [-0.1, -0.05) is 0 Å². The van der Waals surface area contributed by atoms with Gasteiger partial charge in [-0.3, -0.25) is 9.79 Å². The number of aliphatic imine (C=N–C) groups is 1. The lowest BCUT2D eigenvalue weighted by Crippen LogP contribution is -2.49. The van der Waals surface area contributed by atoms with Crippen LogP contribution >= 0.6 is 35.3 Å². The number of carbonyl (C=O) groups excluding carboxylic acids is 1. The fourth-order valence-corrected chi connectivity index (χ4v) is 4.09. The van der Waals surface area contributed by atoms with E-state index in [-0.39, 0.29) is 42.0 Å². The highest BCUT2D eigenvalue weighted by Crippen LogP contribution is 2.24. The molecule has 0 spiro atoms. The number of hydrogen-bond acceptors (Lipinski definition) is 4. The van der Waals surface area contributed by atoms with E-state index >= 15 is 0 Å². The number of hydrogen-bond donors (Lipinski definition) is 2. The van der Waals surface area contributed by atoms with E-state index in [2.05, 4.69) is 34.0 Å². The van der Waals surface area contributed by atoms with Crippen molar-refractivity contribution in [2.24, 2.45) is 4.99 Å². The third-order valence-corrected chi connectivity index (χ3v) is 5.74. The summed E-state index contributed by atoms with van der Waals surface area (Å²) in [6, 6.07) is 2.12. The fraction of sp³-hybridized carbons (Fsp3) is 0.647. The van der Waals surface area contributed by atoms with Crippen LogP contribution < -0.4 is 10.6 Å². The molecule has 0 aromatic carbocycles. The Morgan fingerprint density at radius 3 is 3.04 bits per heavy atom. The molecule has 140 valence electrons. The van der Waals surface area contributed by atoms with Crippen molar-refractivity contribution in [1.82, 2.24) is 15.5 Å². The molecule has 1 aromatic heterocycles. The Morgan fingerprint density at radius 2 is 2.32 bits per heavy atom. The van der Waals surface area contributed by atoms with Crippen LogP contribution in [-0.2, 0) is 22.5 Å². The topological polar surface area (TPSA) is 66.0 Å². The van der Waals surface area contributed by atoms with Crippen molar-refractivity contribution in [1.29, 1.82) is 0 Å². The van der Waals surface area contributed by atoms with E-state index in [0.29, 0.717) is 12.5 Å². The number of halogens is 1. The van der Waals surface area contributed by atoms with E-state index < -0.39 is 0 Å². The average Bonchev–Trinajstić information content (AvgIpc) is 3.23. The van der Waals surface area contributed by atoms with Gasteiger partial charge in [-0.15, -0.1) is 35.3 Å². The molecule has 3 rings (SSSR count). The molecule has 0 bridgehead atoms. The van der Waals surface area contributed by atoms with Crippen LogP contribution in [0.2, 0.25) is 0 Å². The molecular weight excluding hydrogens is 451 g/mol. The van der Waals surface area contributed by atoms with Gasteiger partial charge in [0.05, 0.1) is 12.1 Å². The van der Waals surface area contributed by atoms with Crippen LogP contribution in [0.15, 0.2) is 16.4 Å². The molecule has 1 amide bonds. The van der Waals surface area contributed by atoms with Gasteiger partial charge in [0, 0.05) is 38.2 Å². The molecule has 1 fully saturated rings. The average molecular weight is 478 g/mol. The number of rotatable bonds is 4. The monoisotopic (exact) mass is 478 g/mol. The zero-order valence-electron chi connectivity index (χ0n) is 14.8. The molecule has 1 saturated heterocycles. The lowest BCUT2D eigenvalue weighted by atomic mass is 10.0. The maximum absolute atomic E-state index is 12.4. The first kappa shape index (κ1) is 20.4.